The Bertz CT molecular complexity index is 556. The summed E-state index contributed by atoms with van der Waals surface area (Å²) in [5.74, 6) is 1.55. The van der Waals surface area contributed by atoms with Gasteiger partial charge < -0.3 is 15.5 Å². The van der Waals surface area contributed by atoms with Crippen molar-refractivity contribution < 1.29 is 0 Å². The van der Waals surface area contributed by atoms with Gasteiger partial charge in [-0.05, 0) is 44.4 Å². The number of hydrogen-bond donors (Lipinski definition) is 2. The molecule has 2 atom stereocenters. The molecule has 2 unspecified atom stereocenters. The topological polar surface area (TPSA) is 42.9 Å². The molecule has 1 aromatic carbocycles. The second-order valence-corrected chi connectivity index (χ2v) is 7.53. The van der Waals surface area contributed by atoms with Crippen molar-refractivity contribution in [1.29, 1.82) is 0 Å². The molecule has 0 saturated carbocycles. The summed E-state index contributed by atoms with van der Waals surface area (Å²) in [6.07, 6.45) is 0. The third kappa shape index (κ3) is 6.61. The van der Waals surface area contributed by atoms with Crippen LogP contribution in [0.15, 0.2) is 29.3 Å². The minimum absolute atomic E-state index is 0. The molecule has 148 valence electrons. The fourth-order valence-corrected chi connectivity index (χ4v) is 3.18. The number of nitrogens with one attached hydrogen (secondary N) is 2. The first-order chi connectivity index (χ1) is 11.9. The van der Waals surface area contributed by atoms with Gasteiger partial charge in [0.25, 0.3) is 0 Å². The number of likely N-dealkylation sites (tertiary alicyclic amines) is 1. The molecule has 5 nitrogen and oxygen atoms in total. The van der Waals surface area contributed by atoms with E-state index in [4.69, 9.17) is 4.99 Å². The van der Waals surface area contributed by atoms with Gasteiger partial charge in [0.2, 0.25) is 0 Å². The summed E-state index contributed by atoms with van der Waals surface area (Å²) < 4.78 is 0. The fourth-order valence-electron chi connectivity index (χ4n) is 3.18. The quantitative estimate of drug-likeness (QED) is 0.379. The molecular weight excluding hydrogens is 437 g/mol. The summed E-state index contributed by atoms with van der Waals surface area (Å²) in [5.41, 5.74) is 2.44. The van der Waals surface area contributed by atoms with Crippen molar-refractivity contribution >= 4 is 35.6 Å². The zero-order chi connectivity index (χ0) is 18.4. The normalized spacial score (nSPS) is 20.8. The molecule has 26 heavy (non-hydrogen) atoms. The molecule has 0 aromatic heterocycles. The van der Waals surface area contributed by atoms with E-state index in [-0.39, 0.29) is 24.0 Å². The van der Waals surface area contributed by atoms with Crippen LogP contribution in [0.25, 0.3) is 0 Å². The van der Waals surface area contributed by atoms with Crippen LogP contribution < -0.4 is 15.5 Å². The summed E-state index contributed by atoms with van der Waals surface area (Å²) in [5, 5.41) is 7.03. The van der Waals surface area contributed by atoms with Crippen molar-refractivity contribution in [3.05, 3.63) is 29.8 Å². The summed E-state index contributed by atoms with van der Waals surface area (Å²) >= 11 is 0. The first-order valence-electron chi connectivity index (χ1n) is 9.45. The average molecular weight is 473 g/mol. The Balaban J connectivity index is 0.00000338. The number of rotatable bonds is 6. The fraction of sp³-hybridized carbons (Fsp3) is 0.650. The van der Waals surface area contributed by atoms with Gasteiger partial charge in [-0.2, -0.15) is 0 Å². The summed E-state index contributed by atoms with van der Waals surface area (Å²) in [7, 11) is 4.12. The Morgan fingerprint density at radius 1 is 1.23 bits per heavy atom. The van der Waals surface area contributed by atoms with Crippen molar-refractivity contribution in [3.8, 4) is 0 Å². The summed E-state index contributed by atoms with van der Waals surface area (Å²) in [6.45, 7) is 12.8. The van der Waals surface area contributed by atoms with Gasteiger partial charge >= 0.3 is 0 Å². The largest absolute Gasteiger partial charge is 0.378 e. The number of hydrogen-bond acceptors (Lipinski definition) is 3. The maximum Gasteiger partial charge on any atom is 0.191 e. The SMILES string of the molecule is CCNC(=NCc1ccc(N(C)C)cc1)NC1CN(C(C)C)CC1C.I. The zero-order valence-corrected chi connectivity index (χ0v) is 19.5. The van der Waals surface area contributed by atoms with Crippen molar-refractivity contribution in [2.75, 3.05) is 38.6 Å². The van der Waals surface area contributed by atoms with Crippen LogP contribution in [0.5, 0.6) is 0 Å². The lowest BCUT2D eigenvalue weighted by molar-refractivity contribution is 0.265. The Kier molecular flexibility index (Phi) is 9.71. The molecule has 1 heterocycles. The second kappa shape index (κ2) is 11.0. The first-order valence-corrected chi connectivity index (χ1v) is 9.45. The molecule has 2 N–H and O–H groups in total. The molecule has 0 radical (unpaired) electrons. The van der Waals surface area contributed by atoms with Crippen LogP contribution in [-0.2, 0) is 6.54 Å². The summed E-state index contributed by atoms with van der Waals surface area (Å²) in [6, 6.07) is 9.65. The summed E-state index contributed by atoms with van der Waals surface area (Å²) in [4.78, 5) is 9.43. The Labute approximate surface area is 176 Å². The molecule has 0 amide bonds. The molecule has 0 spiro atoms. The van der Waals surface area contributed by atoms with E-state index in [1.54, 1.807) is 0 Å². The molecule has 1 saturated heterocycles. The molecule has 0 aliphatic carbocycles. The number of anilines is 1. The minimum Gasteiger partial charge on any atom is -0.378 e. The maximum absolute atomic E-state index is 4.79. The van der Waals surface area contributed by atoms with Gasteiger partial charge in [-0.25, -0.2) is 4.99 Å². The van der Waals surface area contributed by atoms with E-state index in [0.717, 1.165) is 25.6 Å². The molecule has 1 aliphatic rings. The molecule has 2 rings (SSSR count). The Morgan fingerprint density at radius 2 is 1.88 bits per heavy atom. The van der Waals surface area contributed by atoms with E-state index in [2.05, 4.69) is 86.5 Å². The van der Waals surface area contributed by atoms with Crippen LogP contribution >= 0.6 is 24.0 Å². The lowest BCUT2D eigenvalue weighted by Gasteiger charge is -2.22. The van der Waals surface area contributed by atoms with Gasteiger partial charge in [0.1, 0.15) is 0 Å². The van der Waals surface area contributed by atoms with Crippen LogP contribution in [0.2, 0.25) is 0 Å². The van der Waals surface area contributed by atoms with E-state index in [0.29, 0.717) is 24.5 Å². The highest BCUT2D eigenvalue weighted by Crippen LogP contribution is 2.18. The maximum atomic E-state index is 4.79. The number of nitrogens with zero attached hydrogens (tertiary/aromatic N) is 3. The van der Waals surface area contributed by atoms with Gasteiger partial charge in [-0.3, -0.25) is 4.90 Å². The zero-order valence-electron chi connectivity index (χ0n) is 17.1. The molecular formula is C20H36IN5. The van der Waals surface area contributed by atoms with E-state index < -0.39 is 0 Å². The highest BCUT2D eigenvalue weighted by atomic mass is 127. The lowest BCUT2D eigenvalue weighted by Crippen LogP contribution is -2.46. The van der Waals surface area contributed by atoms with E-state index in [1.165, 1.54) is 11.3 Å². The lowest BCUT2D eigenvalue weighted by atomic mass is 10.1. The minimum atomic E-state index is 0. The van der Waals surface area contributed by atoms with Crippen LogP contribution in [0.3, 0.4) is 0 Å². The van der Waals surface area contributed by atoms with Gasteiger partial charge in [-0.15, -0.1) is 24.0 Å². The average Bonchev–Trinajstić information content (AvgIpc) is 2.94. The van der Waals surface area contributed by atoms with Gasteiger partial charge in [0, 0.05) is 51.5 Å². The Hall–Kier alpha value is -1.02. The molecule has 1 aromatic rings. The van der Waals surface area contributed by atoms with Crippen molar-refractivity contribution in [3.63, 3.8) is 0 Å². The number of halogens is 1. The van der Waals surface area contributed by atoms with Crippen LogP contribution in [0.1, 0.15) is 33.3 Å². The van der Waals surface area contributed by atoms with E-state index in [9.17, 15) is 0 Å². The second-order valence-electron chi connectivity index (χ2n) is 7.53. The highest BCUT2D eigenvalue weighted by Gasteiger charge is 2.31. The number of aliphatic imine (C=N–C) groups is 1. The van der Waals surface area contributed by atoms with Crippen LogP contribution in [-0.4, -0.2) is 56.7 Å². The van der Waals surface area contributed by atoms with Crippen molar-refractivity contribution in [2.24, 2.45) is 10.9 Å². The standard InChI is InChI=1S/C20H35N5.HI/c1-7-21-20(23-19-14-25(15(2)3)13-16(19)4)22-12-17-8-10-18(11-9-17)24(5)6;/h8-11,15-16,19H,7,12-14H2,1-6H3,(H2,21,22,23);1H. The first kappa shape index (κ1) is 23.0. The smallest absolute Gasteiger partial charge is 0.191 e. The molecule has 0 bridgehead atoms. The Morgan fingerprint density at radius 3 is 2.38 bits per heavy atom. The van der Waals surface area contributed by atoms with E-state index >= 15 is 0 Å². The van der Waals surface area contributed by atoms with Crippen molar-refractivity contribution in [2.45, 2.75) is 46.3 Å². The van der Waals surface area contributed by atoms with Crippen LogP contribution in [0, 0.1) is 5.92 Å². The molecule has 1 aliphatic heterocycles. The van der Waals surface area contributed by atoms with Crippen LogP contribution in [0.4, 0.5) is 5.69 Å². The third-order valence-electron chi connectivity index (χ3n) is 4.91. The molecule has 6 heteroatoms. The number of guanidine groups is 1. The third-order valence-corrected chi connectivity index (χ3v) is 4.91. The monoisotopic (exact) mass is 473 g/mol. The van der Waals surface area contributed by atoms with Gasteiger partial charge in [0.05, 0.1) is 6.54 Å². The van der Waals surface area contributed by atoms with E-state index in [1.807, 2.05) is 0 Å². The molecule has 1 fully saturated rings. The van der Waals surface area contributed by atoms with Gasteiger partial charge in [0.15, 0.2) is 5.96 Å². The number of benzene rings is 1. The van der Waals surface area contributed by atoms with Gasteiger partial charge in [-0.1, -0.05) is 19.1 Å². The predicted molar refractivity (Wildman–Crippen MR) is 124 cm³/mol. The van der Waals surface area contributed by atoms with Crippen molar-refractivity contribution in [1.82, 2.24) is 15.5 Å². The highest BCUT2D eigenvalue weighted by molar-refractivity contribution is 14.0. The predicted octanol–water partition coefficient (Wildman–Crippen LogP) is 3.15.